The molecule has 0 fully saturated rings. The summed E-state index contributed by atoms with van der Waals surface area (Å²) in [4.78, 5) is 0. The largest absolute Gasteiger partial charge is 0.324 e. The summed E-state index contributed by atoms with van der Waals surface area (Å²) in [5.41, 5.74) is 9.15. The summed E-state index contributed by atoms with van der Waals surface area (Å²) in [5.74, 6) is 0. The van der Waals surface area contributed by atoms with Crippen LogP contribution in [0.3, 0.4) is 0 Å². The van der Waals surface area contributed by atoms with Gasteiger partial charge in [0.05, 0.1) is 0 Å². The molecule has 1 heteroatoms. The van der Waals surface area contributed by atoms with Crippen molar-refractivity contribution in [2.45, 2.75) is 58.4 Å². The van der Waals surface area contributed by atoms with E-state index in [1.807, 2.05) is 0 Å². The third-order valence-electron chi connectivity index (χ3n) is 4.18. The van der Waals surface area contributed by atoms with Gasteiger partial charge in [0.1, 0.15) is 0 Å². The van der Waals surface area contributed by atoms with Crippen molar-refractivity contribution >= 4 is 10.8 Å². The maximum Gasteiger partial charge on any atom is 0.0303 e. The van der Waals surface area contributed by atoms with Gasteiger partial charge < -0.3 is 5.73 Å². The number of benzene rings is 2. The van der Waals surface area contributed by atoms with Crippen LogP contribution >= 0.6 is 0 Å². The molecule has 0 aliphatic rings. The zero-order valence-electron chi connectivity index (χ0n) is 12.9. The van der Waals surface area contributed by atoms with Crippen LogP contribution < -0.4 is 5.73 Å². The van der Waals surface area contributed by atoms with Crippen LogP contribution in [0.25, 0.3) is 10.8 Å². The fraction of sp³-hybridized carbons (Fsp3) is 0.474. The van der Waals surface area contributed by atoms with E-state index in [0.29, 0.717) is 0 Å². The first-order valence-electron chi connectivity index (χ1n) is 7.98. The normalized spacial score (nSPS) is 12.8. The molecule has 1 unspecified atom stereocenters. The molecule has 0 aromatic heterocycles. The molecule has 0 aliphatic carbocycles. The Hall–Kier alpha value is -1.34. The third kappa shape index (κ3) is 3.61. The summed E-state index contributed by atoms with van der Waals surface area (Å²) in [7, 11) is 0. The molecular formula is C19H27N. The van der Waals surface area contributed by atoms with E-state index < -0.39 is 0 Å². The maximum absolute atomic E-state index is 6.48. The Bertz CT molecular complexity index is 544. The summed E-state index contributed by atoms with van der Waals surface area (Å²) >= 11 is 0. The summed E-state index contributed by atoms with van der Waals surface area (Å²) in [6.45, 7) is 4.43. The Kier molecular flexibility index (Phi) is 5.60. The third-order valence-corrected chi connectivity index (χ3v) is 4.18. The van der Waals surface area contributed by atoms with E-state index in [1.165, 1.54) is 54.0 Å². The standard InChI is InChI=1S/C19H27N/c1-3-4-5-6-7-12-18(20)19-15(2)13-14-16-10-8-9-11-17(16)19/h8-11,13-14,18H,3-7,12,20H2,1-2H3. The second-order valence-electron chi connectivity index (χ2n) is 5.83. The molecule has 2 N–H and O–H groups in total. The average molecular weight is 269 g/mol. The SMILES string of the molecule is CCCCCCCC(N)c1c(C)ccc2ccccc12. The van der Waals surface area contributed by atoms with E-state index in [2.05, 4.69) is 50.2 Å². The van der Waals surface area contributed by atoms with Crippen molar-refractivity contribution in [3.05, 3.63) is 47.5 Å². The van der Waals surface area contributed by atoms with Crippen LogP contribution in [0.5, 0.6) is 0 Å². The number of hydrogen-bond donors (Lipinski definition) is 1. The minimum atomic E-state index is 0.169. The first kappa shape index (κ1) is 15.1. The monoisotopic (exact) mass is 269 g/mol. The van der Waals surface area contributed by atoms with E-state index in [1.54, 1.807) is 0 Å². The Labute approximate surface area is 123 Å². The highest BCUT2D eigenvalue weighted by Crippen LogP contribution is 2.29. The number of nitrogens with two attached hydrogens (primary N) is 1. The van der Waals surface area contributed by atoms with E-state index >= 15 is 0 Å². The lowest BCUT2D eigenvalue weighted by Crippen LogP contribution is -2.12. The molecule has 1 atom stereocenters. The van der Waals surface area contributed by atoms with Crippen LogP contribution in [0, 0.1) is 6.92 Å². The van der Waals surface area contributed by atoms with Crippen molar-refractivity contribution in [1.29, 1.82) is 0 Å². The highest BCUT2D eigenvalue weighted by atomic mass is 14.6. The van der Waals surface area contributed by atoms with Crippen molar-refractivity contribution in [1.82, 2.24) is 0 Å². The Morgan fingerprint density at radius 1 is 0.950 bits per heavy atom. The molecule has 0 spiro atoms. The molecule has 2 aromatic rings. The van der Waals surface area contributed by atoms with Gasteiger partial charge in [-0.25, -0.2) is 0 Å². The molecule has 0 saturated carbocycles. The molecule has 0 aliphatic heterocycles. The minimum Gasteiger partial charge on any atom is -0.324 e. The van der Waals surface area contributed by atoms with E-state index in [0.717, 1.165) is 6.42 Å². The molecule has 0 saturated heterocycles. The fourth-order valence-corrected chi connectivity index (χ4v) is 3.01. The van der Waals surface area contributed by atoms with Gasteiger partial charge >= 0.3 is 0 Å². The molecule has 1 nitrogen and oxygen atoms in total. The lowest BCUT2D eigenvalue weighted by Gasteiger charge is -2.17. The average Bonchev–Trinajstić information content (AvgIpc) is 2.46. The van der Waals surface area contributed by atoms with Crippen molar-refractivity contribution in [3.63, 3.8) is 0 Å². The van der Waals surface area contributed by atoms with Crippen LogP contribution in [0.2, 0.25) is 0 Å². The maximum atomic E-state index is 6.48. The number of unbranched alkanes of at least 4 members (excludes halogenated alkanes) is 4. The number of rotatable bonds is 7. The predicted molar refractivity (Wildman–Crippen MR) is 89.0 cm³/mol. The van der Waals surface area contributed by atoms with Crippen molar-refractivity contribution < 1.29 is 0 Å². The van der Waals surface area contributed by atoms with E-state index in [4.69, 9.17) is 5.73 Å². The molecule has 20 heavy (non-hydrogen) atoms. The lowest BCUT2D eigenvalue weighted by molar-refractivity contribution is 0.556. The molecule has 2 rings (SSSR count). The molecule has 0 bridgehead atoms. The van der Waals surface area contributed by atoms with Crippen LogP contribution in [-0.4, -0.2) is 0 Å². The van der Waals surface area contributed by atoms with Gasteiger partial charge in [-0.05, 0) is 35.2 Å². The Morgan fingerprint density at radius 3 is 2.50 bits per heavy atom. The summed E-state index contributed by atoms with van der Waals surface area (Å²) in [6, 6.07) is 13.1. The van der Waals surface area contributed by atoms with Crippen molar-refractivity contribution in [2.24, 2.45) is 5.73 Å². The summed E-state index contributed by atoms with van der Waals surface area (Å²) in [6.07, 6.45) is 7.64. The second kappa shape index (κ2) is 7.44. The van der Waals surface area contributed by atoms with Gasteiger partial charge in [0.2, 0.25) is 0 Å². The quantitative estimate of drug-likeness (QED) is 0.659. The van der Waals surface area contributed by atoms with Gasteiger partial charge in [-0.2, -0.15) is 0 Å². The zero-order chi connectivity index (χ0) is 14.4. The van der Waals surface area contributed by atoms with E-state index in [-0.39, 0.29) is 6.04 Å². The predicted octanol–water partition coefficient (Wildman–Crippen LogP) is 5.51. The van der Waals surface area contributed by atoms with Gasteiger partial charge in [0.15, 0.2) is 0 Å². The first-order chi connectivity index (χ1) is 9.74. The molecule has 0 radical (unpaired) electrons. The molecular weight excluding hydrogens is 242 g/mol. The van der Waals surface area contributed by atoms with Gasteiger partial charge in [-0.15, -0.1) is 0 Å². The topological polar surface area (TPSA) is 26.0 Å². The van der Waals surface area contributed by atoms with Crippen LogP contribution in [0.15, 0.2) is 36.4 Å². The van der Waals surface area contributed by atoms with Crippen LogP contribution in [-0.2, 0) is 0 Å². The zero-order valence-corrected chi connectivity index (χ0v) is 12.9. The Balaban J connectivity index is 2.09. The molecule has 0 amide bonds. The molecule has 108 valence electrons. The van der Waals surface area contributed by atoms with Crippen molar-refractivity contribution in [2.75, 3.05) is 0 Å². The van der Waals surface area contributed by atoms with Crippen LogP contribution in [0.1, 0.15) is 62.6 Å². The number of hydrogen-bond acceptors (Lipinski definition) is 1. The Morgan fingerprint density at radius 2 is 1.70 bits per heavy atom. The van der Waals surface area contributed by atoms with Gasteiger partial charge in [0.25, 0.3) is 0 Å². The van der Waals surface area contributed by atoms with Gasteiger partial charge in [-0.3, -0.25) is 0 Å². The summed E-state index contributed by atoms with van der Waals surface area (Å²) < 4.78 is 0. The number of fused-ring (bicyclic) bond motifs is 1. The minimum absolute atomic E-state index is 0.169. The lowest BCUT2D eigenvalue weighted by atomic mass is 9.92. The smallest absolute Gasteiger partial charge is 0.0303 e. The second-order valence-corrected chi connectivity index (χ2v) is 5.83. The summed E-state index contributed by atoms with van der Waals surface area (Å²) in [5, 5.41) is 2.63. The van der Waals surface area contributed by atoms with Crippen LogP contribution in [0.4, 0.5) is 0 Å². The van der Waals surface area contributed by atoms with Crippen molar-refractivity contribution in [3.8, 4) is 0 Å². The molecule has 0 heterocycles. The first-order valence-corrected chi connectivity index (χ1v) is 7.98. The fourth-order valence-electron chi connectivity index (χ4n) is 3.01. The highest BCUT2D eigenvalue weighted by Gasteiger charge is 2.12. The molecule has 2 aromatic carbocycles. The van der Waals surface area contributed by atoms with Gasteiger partial charge in [-0.1, -0.05) is 75.4 Å². The highest BCUT2D eigenvalue weighted by molar-refractivity contribution is 5.87. The van der Waals surface area contributed by atoms with E-state index in [9.17, 15) is 0 Å². The number of aryl methyl sites for hydroxylation is 1. The van der Waals surface area contributed by atoms with Gasteiger partial charge in [0, 0.05) is 6.04 Å².